The van der Waals surface area contributed by atoms with Gasteiger partial charge in [-0.15, -0.1) is 0 Å². The van der Waals surface area contributed by atoms with E-state index in [0.29, 0.717) is 18.8 Å². The summed E-state index contributed by atoms with van der Waals surface area (Å²) in [6, 6.07) is 5.06. The lowest BCUT2D eigenvalue weighted by atomic mass is 10.1. The highest BCUT2D eigenvalue weighted by atomic mass is 19.3. The summed E-state index contributed by atoms with van der Waals surface area (Å²) in [4.78, 5) is 11.7. The number of hydrogen-bond donors (Lipinski definition) is 2. The third-order valence-corrected chi connectivity index (χ3v) is 2.75. The lowest BCUT2D eigenvalue weighted by molar-refractivity contribution is -0.00270. The minimum atomic E-state index is -2.86. The average Bonchev–Trinajstić information content (AvgIpc) is 2.82. The van der Waals surface area contributed by atoms with Crippen LogP contribution < -0.4 is 5.32 Å². The quantitative estimate of drug-likeness (QED) is 0.848. The molecule has 0 fully saturated rings. The third kappa shape index (κ3) is 2.83. The monoisotopic (exact) mass is 257 g/mol. The van der Waals surface area contributed by atoms with E-state index in [4.69, 9.17) is 9.84 Å². The van der Waals surface area contributed by atoms with Gasteiger partial charge in [-0.2, -0.15) is 0 Å². The molecule has 1 heterocycles. The van der Waals surface area contributed by atoms with Crippen molar-refractivity contribution in [3.05, 3.63) is 34.9 Å². The van der Waals surface area contributed by atoms with Crippen molar-refractivity contribution in [3.63, 3.8) is 0 Å². The maximum Gasteiger partial charge on any atom is 0.265 e. The summed E-state index contributed by atoms with van der Waals surface area (Å²) >= 11 is 0. The topological polar surface area (TPSA) is 58.6 Å². The zero-order valence-electron chi connectivity index (χ0n) is 9.53. The van der Waals surface area contributed by atoms with Gasteiger partial charge in [0, 0.05) is 12.1 Å². The van der Waals surface area contributed by atoms with Crippen LogP contribution in [0.15, 0.2) is 18.2 Å². The molecule has 98 valence electrons. The Hall–Kier alpha value is -1.53. The van der Waals surface area contributed by atoms with Gasteiger partial charge in [0.2, 0.25) is 0 Å². The number of aliphatic hydroxyl groups excluding tert-OH is 1. The molecule has 1 aliphatic rings. The molecular weight excluding hydrogens is 244 g/mol. The molecule has 1 amide bonds. The standard InChI is InChI=1S/C12H13F2NO3/c13-11(14)10(16)4-15-12(17)7-1-2-8-5-18-6-9(8)3-7/h1-3,10-11,16H,4-6H2,(H,15,17). The lowest BCUT2D eigenvalue weighted by Crippen LogP contribution is -2.35. The molecule has 0 aromatic heterocycles. The van der Waals surface area contributed by atoms with Crippen LogP contribution in [-0.4, -0.2) is 30.1 Å². The van der Waals surface area contributed by atoms with Gasteiger partial charge in [0.15, 0.2) is 0 Å². The number of alkyl halides is 2. The van der Waals surface area contributed by atoms with E-state index in [1.807, 2.05) is 0 Å². The van der Waals surface area contributed by atoms with E-state index in [1.165, 1.54) is 0 Å². The molecule has 0 saturated carbocycles. The summed E-state index contributed by atoms with van der Waals surface area (Å²) in [7, 11) is 0. The summed E-state index contributed by atoms with van der Waals surface area (Å²) in [5.41, 5.74) is 2.33. The van der Waals surface area contributed by atoms with Crippen molar-refractivity contribution >= 4 is 5.91 Å². The first kappa shape index (κ1) is 12.9. The first-order valence-electron chi connectivity index (χ1n) is 5.52. The van der Waals surface area contributed by atoms with Crippen molar-refractivity contribution in [2.75, 3.05) is 6.54 Å². The second-order valence-electron chi connectivity index (χ2n) is 4.09. The fourth-order valence-electron chi connectivity index (χ4n) is 1.70. The number of fused-ring (bicyclic) bond motifs is 1. The number of benzene rings is 1. The van der Waals surface area contributed by atoms with Crippen molar-refractivity contribution in [3.8, 4) is 0 Å². The molecule has 0 aliphatic carbocycles. The summed E-state index contributed by atoms with van der Waals surface area (Å²) in [6.07, 6.45) is -4.70. The van der Waals surface area contributed by atoms with Crippen molar-refractivity contribution in [2.45, 2.75) is 25.7 Å². The summed E-state index contributed by atoms with van der Waals surface area (Å²) < 4.78 is 29.3. The molecule has 0 radical (unpaired) electrons. The van der Waals surface area contributed by atoms with Gasteiger partial charge in [-0.1, -0.05) is 6.07 Å². The van der Waals surface area contributed by atoms with Crippen molar-refractivity contribution in [1.29, 1.82) is 0 Å². The SMILES string of the molecule is O=C(NCC(O)C(F)F)c1ccc2c(c1)COC2. The van der Waals surface area contributed by atoms with Gasteiger partial charge in [0.05, 0.1) is 13.2 Å². The Bertz CT molecular complexity index is 451. The van der Waals surface area contributed by atoms with Gasteiger partial charge in [0.25, 0.3) is 12.3 Å². The molecule has 0 spiro atoms. The van der Waals surface area contributed by atoms with E-state index < -0.39 is 25.0 Å². The number of nitrogens with one attached hydrogen (secondary N) is 1. The van der Waals surface area contributed by atoms with E-state index in [2.05, 4.69) is 5.32 Å². The predicted octanol–water partition coefficient (Wildman–Crippen LogP) is 1.07. The Morgan fingerprint density at radius 1 is 1.39 bits per heavy atom. The van der Waals surface area contributed by atoms with Gasteiger partial charge in [-0.25, -0.2) is 8.78 Å². The molecular formula is C12H13F2NO3. The number of rotatable bonds is 4. The Labute approximate surface area is 103 Å². The highest BCUT2D eigenvalue weighted by Crippen LogP contribution is 2.20. The highest BCUT2D eigenvalue weighted by molar-refractivity contribution is 5.94. The Kier molecular flexibility index (Phi) is 3.88. The maximum atomic E-state index is 12.0. The van der Waals surface area contributed by atoms with Crippen LogP contribution in [0.5, 0.6) is 0 Å². The van der Waals surface area contributed by atoms with Crippen LogP contribution in [0, 0.1) is 0 Å². The number of hydrogen-bond acceptors (Lipinski definition) is 3. The maximum absolute atomic E-state index is 12.0. The number of aliphatic hydroxyl groups is 1. The highest BCUT2D eigenvalue weighted by Gasteiger charge is 2.19. The number of amides is 1. The predicted molar refractivity (Wildman–Crippen MR) is 59.3 cm³/mol. The third-order valence-electron chi connectivity index (χ3n) is 2.75. The molecule has 1 aromatic carbocycles. The van der Waals surface area contributed by atoms with Crippen LogP contribution >= 0.6 is 0 Å². The van der Waals surface area contributed by atoms with Gasteiger partial charge in [0.1, 0.15) is 6.10 Å². The Balaban J connectivity index is 1.97. The average molecular weight is 257 g/mol. The molecule has 2 N–H and O–H groups in total. The van der Waals surface area contributed by atoms with Gasteiger partial charge in [-0.3, -0.25) is 4.79 Å². The van der Waals surface area contributed by atoms with Crippen LogP contribution in [0.3, 0.4) is 0 Å². The zero-order valence-corrected chi connectivity index (χ0v) is 9.53. The Morgan fingerprint density at radius 3 is 2.83 bits per heavy atom. The molecule has 0 saturated heterocycles. The number of ether oxygens (including phenoxy) is 1. The molecule has 1 unspecified atom stereocenters. The molecule has 0 bridgehead atoms. The van der Waals surface area contributed by atoms with E-state index in [9.17, 15) is 13.6 Å². The second-order valence-corrected chi connectivity index (χ2v) is 4.09. The Morgan fingerprint density at radius 2 is 2.11 bits per heavy atom. The molecule has 4 nitrogen and oxygen atoms in total. The molecule has 2 rings (SSSR count). The van der Waals surface area contributed by atoms with Crippen molar-refractivity contribution in [1.82, 2.24) is 5.32 Å². The summed E-state index contributed by atoms with van der Waals surface area (Å²) in [5.74, 6) is -0.482. The molecule has 18 heavy (non-hydrogen) atoms. The van der Waals surface area contributed by atoms with Crippen molar-refractivity contribution < 1.29 is 23.4 Å². The van der Waals surface area contributed by atoms with Crippen LogP contribution in [0.25, 0.3) is 0 Å². The van der Waals surface area contributed by atoms with Crippen LogP contribution in [-0.2, 0) is 18.0 Å². The van der Waals surface area contributed by atoms with E-state index in [1.54, 1.807) is 18.2 Å². The van der Waals surface area contributed by atoms with E-state index in [0.717, 1.165) is 11.1 Å². The largest absolute Gasteiger partial charge is 0.385 e. The molecule has 1 atom stereocenters. The van der Waals surface area contributed by atoms with E-state index in [-0.39, 0.29) is 0 Å². The summed E-state index contributed by atoms with van der Waals surface area (Å²) in [6.45, 7) is 0.515. The van der Waals surface area contributed by atoms with Crippen molar-refractivity contribution in [2.24, 2.45) is 0 Å². The minimum absolute atomic E-state index is 0.376. The smallest absolute Gasteiger partial charge is 0.265 e. The molecule has 6 heteroatoms. The number of carbonyl (C=O) groups excluding carboxylic acids is 1. The summed E-state index contributed by atoms with van der Waals surface area (Å²) in [5, 5.41) is 11.2. The first-order chi connectivity index (χ1) is 8.58. The van der Waals surface area contributed by atoms with E-state index >= 15 is 0 Å². The molecule has 1 aliphatic heterocycles. The second kappa shape index (κ2) is 5.41. The number of carbonyl (C=O) groups is 1. The van der Waals surface area contributed by atoms with Crippen LogP contribution in [0.2, 0.25) is 0 Å². The minimum Gasteiger partial charge on any atom is -0.385 e. The van der Waals surface area contributed by atoms with Crippen LogP contribution in [0.1, 0.15) is 21.5 Å². The number of halogens is 2. The normalized spacial score (nSPS) is 15.6. The van der Waals surface area contributed by atoms with Gasteiger partial charge < -0.3 is 15.2 Å². The lowest BCUT2D eigenvalue weighted by Gasteiger charge is -2.11. The van der Waals surface area contributed by atoms with Crippen LogP contribution in [0.4, 0.5) is 8.78 Å². The first-order valence-corrected chi connectivity index (χ1v) is 5.52. The van der Waals surface area contributed by atoms with Gasteiger partial charge >= 0.3 is 0 Å². The molecule has 1 aromatic rings. The van der Waals surface area contributed by atoms with Gasteiger partial charge in [-0.05, 0) is 23.3 Å². The fourth-order valence-corrected chi connectivity index (χ4v) is 1.70. The zero-order chi connectivity index (χ0) is 13.1. The fraction of sp³-hybridized carbons (Fsp3) is 0.417.